The van der Waals surface area contributed by atoms with Crippen LogP contribution in [0.15, 0.2) is 65.6 Å². The van der Waals surface area contributed by atoms with Crippen LogP contribution in [0.25, 0.3) is 0 Å². The number of rotatable bonds is 8. The van der Waals surface area contributed by atoms with E-state index < -0.39 is 0 Å². The number of nitrogens with one attached hydrogen (secondary N) is 2. The maximum absolute atomic E-state index is 4.73. The molecule has 1 aromatic rings. The van der Waals surface area contributed by atoms with E-state index in [0.717, 1.165) is 47.5 Å². The van der Waals surface area contributed by atoms with Crippen molar-refractivity contribution in [2.24, 2.45) is 16.8 Å². The quantitative estimate of drug-likeness (QED) is 0.299. The van der Waals surface area contributed by atoms with Crippen molar-refractivity contribution in [3.05, 3.63) is 66.2 Å². The summed E-state index contributed by atoms with van der Waals surface area (Å²) in [7, 11) is 0. The highest BCUT2D eigenvalue weighted by Gasteiger charge is 2.29. The Labute approximate surface area is 179 Å². The first-order valence-electron chi connectivity index (χ1n) is 10.8. The molecule has 0 aromatic carbocycles. The predicted molar refractivity (Wildman–Crippen MR) is 129 cm³/mol. The molecular formula is C25H42N4. The maximum atomic E-state index is 4.73. The third-order valence-corrected chi connectivity index (χ3v) is 4.67. The molecule has 1 saturated carbocycles. The van der Waals surface area contributed by atoms with Gasteiger partial charge in [-0.15, -0.1) is 6.58 Å². The Hall–Kier alpha value is -2.20. The summed E-state index contributed by atoms with van der Waals surface area (Å²) in [5.74, 6) is 2.17. The second kappa shape index (κ2) is 16.7. The van der Waals surface area contributed by atoms with E-state index in [1.807, 2.05) is 45.2 Å². The van der Waals surface area contributed by atoms with E-state index in [0.29, 0.717) is 0 Å². The van der Waals surface area contributed by atoms with Gasteiger partial charge in [-0.05, 0) is 58.1 Å². The van der Waals surface area contributed by atoms with Crippen molar-refractivity contribution in [3.8, 4) is 0 Å². The molecule has 0 amide bonds. The number of aliphatic imine (C=N–C) groups is 1. The molecule has 4 heteroatoms. The molecular weight excluding hydrogens is 356 g/mol. The first-order valence-corrected chi connectivity index (χ1v) is 10.8. The molecule has 1 heterocycles. The molecule has 2 unspecified atom stereocenters. The monoisotopic (exact) mass is 398 g/mol. The largest absolute Gasteiger partial charge is 0.311 e. The van der Waals surface area contributed by atoms with Gasteiger partial charge in [-0.1, -0.05) is 57.6 Å². The molecule has 1 aliphatic rings. The molecule has 1 aliphatic carbocycles. The van der Waals surface area contributed by atoms with Crippen LogP contribution in [0.2, 0.25) is 0 Å². The van der Waals surface area contributed by atoms with Gasteiger partial charge in [0, 0.05) is 24.0 Å². The number of hydrogen-bond donors (Lipinski definition) is 2. The number of allylic oxidation sites excluding steroid dienone is 6. The van der Waals surface area contributed by atoms with Crippen molar-refractivity contribution in [3.63, 3.8) is 0 Å². The number of likely N-dealkylation sites (N-methyl/N-ethyl adjacent to an activating group) is 1. The van der Waals surface area contributed by atoms with Gasteiger partial charge in [0.2, 0.25) is 0 Å². The van der Waals surface area contributed by atoms with Gasteiger partial charge in [-0.2, -0.15) is 5.10 Å². The summed E-state index contributed by atoms with van der Waals surface area (Å²) >= 11 is 0. The van der Waals surface area contributed by atoms with E-state index in [2.05, 4.69) is 55.9 Å². The van der Waals surface area contributed by atoms with Gasteiger partial charge < -0.3 is 5.32 Å². The van der Waals surface area contributed by atoms with Crippen molar-refractivity contribution in [1.82, 2.24) is 15.5 Å². The van der Waals surface area contributed by atoms with Gasteiger partial charge >= 0.3 is 0 Å². The lowest BCUT2D eigenvalue weighted by Gasteiger charge is -2.07. The van der Waals surface area contributed by atoms with Crippen LogP contribution < -0.4 is 5.32 Å². The van der Waals surface area contributed by atoms with Crippen LogP contribution in [0.3, 0.4) is 0 Å². The molecule has 0 bridgehead atoms. The van der Waals surface area contributed by atoms with Gasteiger partial charge in [0.25, 0.3) is 0 Å². The molecule has 162 valence electrons. The minimum atomic E-state index is 0.762. The first-order chi connectivity index (χ1) is 13.9. The topological polar surface area (TPSA) is 53.1 Å². The molecule has 1 fully saturated rings. The molecule has 0 radical (unpaired) electrons. The second-order valence-corrected chi connectivity index (χ2v) is 7.27. The minimum Gasteiger partial charge on any atom is -0.311 e. The van der Waals surface area contributed by atoms with E-state index in [4.69, 9.17) is 4.99 Å². The fourth-order valence-corrected chi connectivity index (χ4v) is 2.60. The Morgan fingerprint density at radius 1 is 1.31 bits per heavy atom. The Morgan fingerprint density at radius 3 is 2.38 bits per heavy atom. The highest BCUT2D eigenvalue weighted by molar-refractivity contribution is 5.98. The van der Waals surface area contributed by atoms with Crippen molar-refractivity contribution < 1.29 is 0 Å². The first kappa shape index (κ1) is 26.8. The predicted octanol–water partition coefficient (Wildman–Crippen LogP) is 6.48. The Bertz CT molecular complexity index is 661. The summed E-state index contributed by atoms with van der Waals surface area (Å²) in [6.07, 6.45) is 16.4. The zero-order chi connectivity index (χ0) is 22.1. The molecule has 1 aromatic heterocycles. The minimum absolute atomic E-state index is 0.762. The third kappa shape index (κ3) is 12.8. The summed E-state index contributed by atoms with van der Waals surface area (Å²) in [5.41, 5.74) is 4.19. The van der Waals surface area contributed by atoms with Gasteiger partial charge in [0.1, 0.15) is 0 Å². The number of H-pyrrole nitrogens is 1. The zero-order valence-corrected chi connectivity index (χ0v) is 19.6. The van der Waals surface area contributed by atoms with Crippen molar-refractivity contribution in [2.75, 3.05) is 13.1 Å². The smallest absolute Gasteiger partial charge is 0.0578 e. The lowest BCUT2D eigenvalue weighted by atomic mass is 10.2. The van der Waals surface area contributed by atoms with Crippen LogP contribution in [-0.4, -0.2) is 29.0 Å². The Morgan fingerprint density at radius 2 is 1.97 bits per heavy atom. The second-order valence-electron chi connectivity index (χ2n) is 7.27. The van der Waals surface area contributed by atoms with Crippen LogP contribution in [0.4, 0.5) is 0 Å². The Kier molecular flexibility index (Phi) is 15.5. The molecule has 2 rings (SSSR count). The van der Waals surface area contributed by atoms with Gasteiger partial charge in [0.15, 0.2) is 0 Å². The lowest BCUT2D eigenvalue weighted by Crippen LogP contribution is -2.16. The highest BCUT2D eigenvalue weighted by Crippen LogP contribution is 2.39. The fraction of sp³-hybridized carbons (Fsp3) is 0.520. The molecule has 0 saturated heterocycles. The van der Waals surface area contributed by atoms with E-state index in [1.54, 1.807) is 12.3 Å². The van der Waals surface area contributed by atoms with E-state index in [9.17, 15) is 0 Å². The normalized spacial score (nSPS) is 19.2. The van der Waals surface area contributed by atoms with Gasteiger partial charge in [0.05, 0.1) is 11.9 Å². The standard InChI is InChI=1S/C16H24N4.C6H12.C3H6/c1-5-7-8-9-13(3)16(12-17-6-2)20-14(4)15-10-18-19-11-15;1-3-6-4-5(6)2;1-3-2/h5,7-11,17H,6,12H2,1-4H3,(H,18,19);5-6H,3-4H2,1-2H3;3H,1H2,2H3/b7-5-,9-8-,16-13+,20-14?;;. The van der Waals surface area contributed by atoms with E-state index in [1.165, 1.54) is 12.8 Å². The molecule has 0 spiro atoms. The number of aromatic amines is 1. The van der Waals surface area contributed by atoms with Crippen LogP contribution in [0, 0.1) is 11.8 Å². The summed E-state index contributed by atoms with van der Waals surface area (Å²) in [6.45, 7) is 19.7. The average Bonchev–Trinajstić information content (AvgIpc) is 3.18. The maximum Gasteiger partial charge on any atom is 0.0578 e. The van der Waals surface area contributed by atoms with E-state index >= 15 is 0 Å². The van der Waals surface area contributed by atoms with Crippen LogP contribution in [0.5, 0.6) is 0 Å². The number of aromatic nitrogens is 2. The summed E-state index contributed by atoms with van der Waals surface area (Å²) in [5, 5.41) is 10.1. The van der Waals surface area contributed by atoms with Crippen LogP contribution in [-0.2, 0) is 0 Å². The van der Waals surface area contributed by atoms with Crippen LogP contribution >= 0.6 is 0 Å². The number of hydrogen-bond acceptors (Lipinski definition) is 3. The van der Waals surface area contributed by atoms with Crippen molar-refractivity contribution in [1.29, 1.82) is 0 Å². The number of nitrogens with zero attached hydrogens (tertiary/aromatic N) is 2. The van der Waals surface area contributed by atoms with Gasteiger partial charge in [-0.25, -0.2) is 0 Å². The average molecular weight is 399 g/mol. The highest BCUT2D eigenvalue weighted by atomic mass is 15.1. The zero-order valence-electron chi connectivity index (χ0n) is 19.6. The molecule has 2 N–H and O–H groups in total. The lowest BCUT2D eigenvalue weighted by molar-refractivity contribution is 0.724. The molecule has 2 atom stereocenters. The van der Waals surface area contributed by atoms with Crippen molar-refractivity contribution in [2.45, 2.75) is 61.3 Å². The third-order valence-electron chi connectivity index (χ3n) is 4.67. The summed E-state index contributed by atoms with van der Waals surface area (Å²) in [6, 6.07) is 0. The fourth-order valence-electron chi connectivity index (χ4n) is 2.60. The van der Waals surface area contributed by atoms with E-state index in [-0.39, 0.29) is 0 Å². The molecule has 4 nitrogen and oxygen atoms in total. The molecule has 0 aliphatic heterocycles. The summed E-state index contributed by atoms with van der Waals surface area (Å²) in [4.78, 5) is 4.73. The molecule has 29 heavy (non-hydrogen) atoms. The SMILES string of the molecule is C=CC.CCC1CC1C.C\C=C/C=C\C(C)=C(/CNCC)N=C(C)c1cn[nH]c1. The summed E-state index contributed by atoms with van der Waals surface area (Å²) < 4.78 is 0. The van der Waals surface area contributed by atoms with Crippen LogP contribution in [0.1, 0.15) is 66.9 Å². The van der Waals surface area contributed by atoms with Crippen molar-refractivity contribution >= 4 is 5.71 Å². The Balaban J connectivity index is 0.000000717. The van der Waals surface area contributed by atoms with Gasteiger partial charge in [-0.3, -0.25) is 10.1 Å².